The van der Waals surface area contributed by atoms with E-state index in [2.05, 4.69) is 26.1 Å². The Morgan fingerprint density at radius 2 is 1.94 bits per heavy atom. The molecule has 2 fully saturated rings. The van der Waals surface area contributed by atoms with Crippen molar-refractivity contribution in [2.45, 2.75) is 84.0 Å². The molecule has 2 rings (SSSR count). The van der Waals surface area contributed by atoms with Gasteiger partial charge in [-0.15, -0.1) is 0 Å². The van der Waals surface area contributed by atoms with Gasteiger partial charge in [0.1, 0.15) is 0 Å². The molecule has 0 saturated heterocycles. The first-order valence-corrected chi connectivity index (χ1v) is 7.58. The second-order valence-corrected chi connectivity index (χ2v) is 6.21. The quantitative estimate of drug-likeness (QED) is 0.793. The van der Waals surface area contributed by atoms with Crippen LogP contribution in [0.25, 0.3) is 0 Å². The molecule has 1 spiro atoms. The Morgan fingerprint density at radius 3 is 2.53 bits per heavy atom. The Bertz CT molecular complexity index is 233. The molecule has 1 N–H and O–H groups in total. The van der Waals surface area contributed by atoms with Crippen LogP contribution >= 0.6 is 0 Å². The van der Waals surface area contributed by atoms with Crippen molar-refractivity contribution in [1.82, 2.24) is 5.32 Å². The van der Waals surface area contributed by atoms with Gasteiger partial charge < -0.3 is 10.1 Å². The van der Waals surface area contributed by atoms with Crippen LogP contribution in [0.5, 0.6) is 0 Å². The minimum absolute atomic E-state index is 0.380. The van der Waals surface area contributed by atoms with Crippen LogP contribution in [0.15, 0.2) is 0 Å². The molecule has 0 heterocycles. The molecule has 100 valence electrons. The van der Waals surface area contributed by atoms with Gasteiger partial charge in [-0.1, -0.05) is 26.2 Å². The summed E-state index contributed by atoms with van der Waals surface area (Å²) in [4.78, 5) is 0. The van der Waals surface area contributed by atoms with Gasteiger partial charge >= 0.3 is 0 Å². The third-order valence-corrected chi connectivity index (χ3v) is 4.65. The lowest BCUT2D eigenvalue weighted by Crippen LogP contribution is -2.65. The summed E-state index contributed by atoms with van der Waals surface area (Å²) in [5.74, 6) is 0. The van der Waals surface area contributed by atoms with Gasteiger partial charge in [-0.05, 0) is 46.1 Å². The summed E-state index contributed by atoms with van der Waals surface area (Å²) in [6.45, 7) is 7.76. The zero-order chi connectivity index (χ0) is 12.3. The van der Waals surface area contributed by atoms with Gasteiger partial charge in [0.2, 0.25) is 0 Å². The summed E-state index contributed by atoms with van der Waals surface area (Å²) in [6.07, 6.45) is 10.4. The molecule has 0 aromatic heterocycles. The van der Waals surface area contributed by atoms with Crippen LogP contribution in [0.2, 0.25) is 0 Å². The van der Waals surface area contributed by atoms with Crippen LogP contribution in [0.1, 0.15) is 65.7 Å². The molecule has 0 aromatic rings. The van der Waals surface area contributed by atoms with E-state index in [4.69, 9.17) is 4.74 Å². The number of ether oxygens (including phenoxy) is 1. The van der Waals surface area contributed by atoms with E-state index in [-0.39, 0.29) is 0 Å². The zero-order valence-corrected chi connectivity index (χ0v) is 11.8. The van der Waals surface area contributed by atoms with Gasteiger partial charge in [0.25, 0.3) is 0 Å². The molecular formula is C15H29NO. The van der Waals surface area contributed by atoms with Crippen molar-refractivity contribution in [2.24, 2.45) is 5.41 Å². The topological polar surface area (TPSA) is 21.3 Å². The highest BCUT2D eigenvalue weighted by molar-refractivity contribution is 5.09. The van der Waals surface area contributed by atoms with Crippen LogP contribution < -0.4 is 5.32 Å². The molecule has 2 atom stereocenters. The summed E-state index contributed by atoms with van der Waals surface area (Å²) in [5, 5.41) is 3.75. The van der Waals surface area contributed by atoms with E-state index >= 15 is 0 Å². The van der Waals surface area contributed by atoms with Crippen LogP contribution in [0, 0.1) is 5.41 Å². The molecule has 0 amide bonds. The lowest BCUT2D eigenvalue weighted by atomic mass is 9.55. The van der Waals surface area contributed by atoms with E-state index in [0.717, 1.165) is 6.04 Å². The maximum absolute atomic E-state index is 6.15. The van der Waals surface area contributed by atoms with Crippen molar-refractivity contribution >= 4 is 0 Å². The monoisotopic (exact) mass is 239 g/mol. The minimum atomic E-state index is 0.380. The molecule has 2 aliphatic rings. The first kappa shape index (κ1) is 13.4. The summed E-state index contributed by atoms with van der Waals surface area (Å²) < 4.78 is 6.15. The maximum Gasteiger partial charge on any atom is 0.0664 e. The maximum atomic E-state index is 6.15. The number of nitrogens with one attached hydrogen (secondary N) is 1. The number of hydrogen-bond donors (Lipinski definition) is 1. The molecule has 2 heteroatoms. The standard InChI is InChI=1S/C15H29NO/c1-4-10-16-13-11-14(17-12(2)3)15(13)8-6-5-7-9-15/h12-14,16H,4-11H2,1-3H3. The Kier molecular flexibility index (Phi) is 4.48. The normalized spacial score (nSPS) is 31.8. The molecule has 2 saturated carbocycles. The lowest BCUT2D eigenvalue weighted by Gasteiger charge is -2.58. The second kappa shape index (κ2) is 5.71. The van der Waals surface area contributed by atoms with Gasteiger partial charge in [-0.3, -0.25) is 0 Å². The predicted octanol–water partition coefficient (Wildman–Crippen LogP) is 3.50. The lowest BCUT2D eigenvalue weighted by molar-refractivity contribution is -0.169. The Labute approximate surface area is 107 Å². The first-order chi connectivity index (χ1) is 8.19. The molecule has 17 heavy (non-hydrogen) atoms. The Morgan fingerprint density at radius 1 is 1.24 bits per heavy atom. The van der Waals surface area contributed by atoms with Gasteiger partial charge in [0.15, 0.2) is 0 Å². The predicted molar refractivity (Wildman–Crippen MR) is 72.2 cm³/mol. The molecule has 2 aliphatic carbocycles. The van der Waals surface area contributed by atoms with E-state index in [0.29, 0.717) is 17.6 Å². The SMILES string of the molecule is CCCNC1CC(OC(C)C)C12CCCCC2. The van der Waals surface area contributed by atoms with Crippen LogP contribution in [-0.2, 0) is 4.74 Å². The Hall–Kier alpha value is -0.0800. The van der Waals surface area contributed by atoms with Crippen LogP contribution in [0.4, 0.5) is 0 Å². The first-order valence-electron chi connectivity index (χ1n) is 7.58. The van der Waals surface area contributed by atoms with Crippen molar-refractivity contribution < 1.29 is 4.74 Å². The van der Waals surface area contributed by atoms with E-state index in [1.165, 1.54) is 51.5 Å². The highest BCUT2D eigenvalue weighted by Crippen LogP contribution is 2.53. The minimum Gasteiger partial charge on any atom is -0.375 e. The largest absolute Gasteiger partial charge is 0.375 e. The number of rotatable bonds is 5. The van der Waals surface area contributed by atoms with Gasteiger partial charge in [-0.2, -0.15) is 0 Å². The van der Waals surface area contributed by atoms with Crippen molar-refractivity contribution in [2.75, 3.05) is 6.54 Å². The Balaban J connectivity index is 1.96. The fourth-order valence-corrected chi connectivity index (χ4v) is 3.75. The van der Waals surface area contributed by atoms with Crippen molar-refractivity contribution in [3.8, 4) is 0 Å². The zero-order valence-electron chi connectivity index (χ0n) is 11.8. The molecule has 0 aromatic carbocycles. The molecule has 0 radical (unpaired) electrons. The molecular weight excluding hydrogens is 210 g/mol. The third kappa shape index (κ3) is 2.68. The number of hydrogen-bond acceptors (Lipinski definition) is 2. The smallest absolute Gasteiger partial charge is 0.0664 e. The van der Waals surface area contributed by atoms with Crippen molar-refractivity contribution in [1.29, 1.82) is 0 Å². The average molecular weight is 239 g/mol. The van der Waals surface area contributed by atoms with Gasteiger partial charge in [-0.25, -0.2) is 0 Å². The summed E-state index contributed by atoms with van der Waals surface area (Å²) >= 11 is 0. The van der Waals surface area contributed by atoms with E-state index in [1.54, 1.807) is 0 Å². The van der Waals surface area contributed by atoms with E-state index < -0.39 is 0 Å². The summed E-state index contributed by atoms with van der Waals surface area (Å²) in [7, 11) is 0. The summed E-state index contributed by atoms with van der Waals surface area (Å²) in [5.41, 5.74) is 0.484. The highest BCUT2D eigenvalue weighted by atomic mass is 16.5. The second-order valence-electron chi connectivity index (χ2n) is 6.21. The van der Waals surface area contributed by atoms with Crippen LogP contribution in [-0.4, -0.2) is 24.8 Å². The van der Waals surface area contributed by atoms with Gasteiger partial charge in [0.05, 0.1) is 12.2 Å². The highest BCUT2D eigenvalue weighted by Gasteiger charge is 2.55. The van der Waals surface area contributed by atoms with E-state index in [9.17, 15) is 0 Å². The molecule has 0 aliphatic heterocycles. The van der Waals surface area contributed by atoms with Crippen LogP contribution in [0.3, 0.4) is 0 Å². The third-order valence-electron chi connectivity index (χ3n) is 4.65. The fraction of sp³-hybridized carbons (Fsp3) is 1.00. The molecule has 2 nitrogen and oxygen atoms in total. The average Bonchev–Trinajstić information content (AvgIpc) is 2.33. The van der Waals surface area contributed by atoms with Gasteiger partial charge in [0, 0.05) is 11.5 Å². The van der Waals surface area contributed by atoms with E-state index in [1.807, 2.05) is 0 Å². The molecule has 0 bridgehead atoms. The molecule has 2 unspecified atom stereocenters. The summed E-state index contributed by atoms with van der Waals surface area (Å²) in [6, 6.07) is 0.728. The fourth-order valence-electron chi connectivity index (χ4n) is 3.75. The van der Waals surface area contributed by atoms with Crippen molar-refractivity contribution in [3.63, 3.8) is 0 Å². The van der Waals surface area contributed by atoms with Crippen molar-refractivity contribution in [3.05, 3.63) is 0 Å².